The van der Waals surface area contributed by atoms with Crippen molar-refractivity contribution in [3.05, 3.63) is 59.7 Å². The summed E-state index contributed by atoms with van der Waals surface area (Å²) >= 11 is 0. The van der Waals surface area contributed by atoms with Crippen LogP contribution in [0.3, 0.4) is 0 Å². The van der Waals surface area contributed by atoms with Crippen molar-refractivity contribution in [1.29, 1.82) is 0 Å². The molecule has 1 atom stereocenters. The molecule has 0 bridgehead atoms. The summed E-state index contributed by atoms with van der Waals surface area (Å²) in [5.74, 6) is 0.267. The zero-order valence-electron chi connectivity index (χ0n) is 18.6. The first-order chi connectivity index (χ1) is 15.2. The number of para-hydroxylation sites is 1. The van der Waals surface area contributed by atoms with Gasteiger partial charge in [0.2, 0.25) is 10.0 Å². The van der Waals surface area contributed by atoms with E-state index in [1.165, 1.54) is 9.21 Å². The van der Waals surface area contributed by atoms with Gasteiger partial charge in [-0.15, -0.1) is 0 Å². The highest BCUT2D eigenvalue weighted by Gasteiger charge is 2.28. The lowest BCUT2D eigenvalue weighted by atomic mass is 10.0. The molecule has 1 heterocycles. The molecule has 1 fully saturated rings. The Kier molecular flexibility index (Phi) is 7.40. The molecular weight excluding hydrogens is 430 g/mol. The van der Waals surface area contributed by atoms with E-state index < -0.39 is 10.0 Å². The standard InChI is InChI=1S/C23H29N3O5S/c1-4-20(19-8-5-6-9-21(19)31-16-22(27)25(2)3)24-23(28)17-10-12-18(13-11-17)26-14-7-15-32(26,29)30/h5-6,8-13,20H,4,7,14-16H2,1-3H3,(H,24,28). The lowest BCUT2D eigenvalue weighted by molar-refractivity contribution is -0.130. The third-order valence-electron chi connectivity index (χ3n) is 5.37. The predicted octanol–water partition coefficient (Wildman–Crippen LogP) is 2.57. The lowest BCUT2D eigenvalue weighted by Gasteiger charge is -2.21. The fraction of sp³-hybridized carbons (Fsp3) is 0.391. The summed E-state index contributed by atoms with van der Waals surface area (Å²) in [6, 6.07) is 13.6. The maximum absolute atomic E-state index is 12.9. The van der Waals surface area contributed by atoms with Crippen molar-refractivity contribution in [2.45, 2.75) is 25.8 Å². The normalized spacial score (nSPS) is 15.8. The molecule has 3 rings (SSSR count). The number of sulfonamides is 1. The molecular formula is C23H29N3O5S. The summed E-state index contributed by atoms with van der Waals surface area (Å²) in [5.41, 5.74) is 1.79. The van der Waals surface area contributed by atoms with Crippen LogP contribution in [0.15, 0.2) is 48.5 Å². The van der Waals surface area contributed by atoms with Gasteiger partial charge in [0.1, 0.15) is 5.75 Å². The van der Waals surface area contributed by atoms with E-state index >= 15 is 0 Å². The van der Waals surface area contributed by atoms with Crippen molar-refractivity contribution in [2.24, 2.45) is 0 Å². The molecule has 0 aromatic heterocycles. The minimum atomic E-state index is -3.26. The first kappa shape index (κ1) is 23.6. The number of hydrogen-bond acceptors (Lipinski definition) is 5. The quantitative estimate of drug-likeness (QED) is 0.655. The summed E-state index contributed by atoms with van der Waals surface area (Å²) in [6.45, 7) is 2.32. The van der Waals surface area contributed by atoms with E-state index in [4.69, 9.17) is 4.74 Å². The second-order valence-electron chi connectivity index (χ2n) is 7.84. The van der Waals surface area contributed by atoms with E-state index in [1.54, 1.807) is 44.4 Å². The number of carbonyl (C=O) groups is 2. The Bertz CT molecular complexity index is 1070. The molecule has 2 amide bonds. The van der Waals surface area contributed by atoms with Gasteiger partial charge in [-0.3, -0.25) is 13.9 Å². The molecule has 1 N–H and O–H groups in total. The summed E-state index contributed by atoms with van der Waals surface area (Å²) in [6.07, 6.45) is 1.22. The van der Waals surface area contributed by atoms with Gasteiger partial charge in [-0.25, -0.2) is 8.42 Å². The lowest BCUT2D eigenvalue weighted by Crippen LogP contribution is -2.30. The fourth-order valence-corrected chi connectivity index (χ4v) is 5.08. The summed E-state index contributed by atoms with van der Waals surface area (Å²) in [4.78, 5) is 26.2. The third kappa shape index (κ3) is 5.40. The molecule has 1 unspecified atom stereocenters. The summed E-state index contributed by atoms with van der Waals surface area (Å²) in [5, 5.41) is 3.01. The molecule has 2 aromatic carbocycles. The molecule has 8 nitrogen and oxygen atoms in total. The van der Waals surface area contributed by atoms with E-state index in [9.17, 15) is 18.0 Å². The van der Waals surface area contributed by atoms with Gasteiger partial charge >= 0.3 is 0 Å². The zero-order valence-corrected chi connectivity index (χ0v) is 19.4. The predicted molar refractivity (Wildman–Crippen MR) is 123 cm³/mol. The second kappa shape index (κ2) is 10.0. The number of benzene rings is 2. The molecule has 0 spiro atoms. The number of ether oxygens (including phenoxy) is 1. The SMILES string of the molecule is CCC(NC(=O)c1ccc(N2CCCS2(=O)=O)cc1)c1ccccc1OCC(=O)N(C)C. The Morgan fingerprint density at radius 3 is 2.41 bits per heavy atom. The van der Waals surface area contributed by atoms with E-state index in [0.717, 1.165) is 5.56 Å². The van der Waals surface area contributed by atoms with Crippen LogP contribution in [0.5, 0.6) is 5.75 Å². The molecule has 0 saturated carbocycles. The van der Waals surface area contributed by atoms with Crippen LogP contribution in [0.2, 0.25) is 0 Å². The number of hydrogen-bond donors (Lipinski definition) is 1. The van der Waals surface area contributed by atoms with E-state index in [0.29, 0.717) is 36.4 Å². The molecule has 0 radical (unpaired) electrons. The molecule has 32 heavy (non-hydrogen) atoms. The molecule has 9 heteroatoms. The van der Waals surface area contributed by atoms with Crippen LogP contribution in [0.1, 0.15) is 41.7 Å². The van der Waals surface area contributed by atoms with Crippen LogP contribution in [-0.2, 0) is 14.8 Å². The van der Waals surface area contributed by atoms with Crippen molar-refractivity contribution in [3.8, 4) is 5.75 Å². The minimum Gasteiger partial charge on any atom is -0.483 e. The van der Waals surface area contributed by atoms with E-state index in [-0.39, 0.29) is 30.2 Å². The van der Waals surface area contributed by atoms with Gasteiger partial charge in [0.05, 0.1) is 17.5 Å². The molecule has 1 aliphatic heterocycles. The number of rotatable bonds is 8. The maximum atomic E-state index is 12.9. The van der Waals surface area contributed by atoms with Crippen molar-refractivity contribution < 1.29 is 22.7 Å². The number of nitrogens with zero attached hydrogens (tertiary/aromatic N) is 2. The fourth-order valence-electron chi connectivity index (χ4n) is 3.52. The van der Waals surface area contributed by atoms with Crippen LogP contribution in [0.25, 0.3) is 0 Å². The third-order valence-corrected chi connectivity index (χ3v) is 7.24. The topological polar surface area (TPSA) is 96.0 Å². The Morgan fingerprint density at radius 1 is 1.12 bits per heavy atom. The summed E-state index contributed by atoms with van der Waals surface area (Å²) < 4.78 is 31.3. The van der Waals surface area contributed by atoms with Crippen LogP contribution in [0, 0.1) is 0 Å². The Morgan fingerprint density at radius 2 is 1.81 bits per heavy atom. The van der Waals surface area contributed by atoms with Gasteiger partial charge < -0.3 is 15.0 Å². The van der Waals surface area contributed by atoms with Gasteiger partial charge in [-0.2, -0.15) is 0 Å². The molecule has 172 valence electrons. The van der Waals surface area contributed by atoms with Crippen LogP contribution in [0.4, 0.5) is 5.69 Å². The average molecular weight is 460 g/mol. The average Bonchev–Trinajstić information content (AvgIpc) is 3.14. The Hall–Kier alpha value is -3.07. The van der Waals surface area contributed by atoms with E-state index in [2.05, 4.69) is 5.32 Å². The zero-order chi connectivity index (χ0) is 23.3. The number of nitrogens with one attached hydrogen (secondary N) is 1. The highest BCUT2D eigenvalue weighted by molar-refractivity contribution is 7.93. The highest BCUT2D eigenvalue weighted by atomic mass is 32.2. The number of anilines is 1. The van der Waals surface area contributed by atoms with Crippen molar-refractivity contribution >= 4 is 27.5 Å². The van der Waals surface area contributed by atoms with Crippen molar-refractivity contribution in [2.75, 3.05) is 37.3 Å². The van der Waals surface area contributed by atoms with Gasteiger partial charge in [0.15, 0.2) is 6.61 Å². The van der Waals surface area contributed by atoms with Crippen LogP contribution >= 0.6 is 0 Å². The first-order valence-electron chi connectivity index (χ1n) is 10.6. The van der Waals surface area contributed by atoms with Crippen molar-refractivity contribution in [3.63, 3.8) is 0 Å². The first-order valence-corrected chi connectivity index (χ1v) is 12.2. The largest absolute Gasteiger partial charge is 0.483 e. The van der Waals surface area contributed by atoms with Gasteiger partial charge in [-0.05, 0) is 43.2 Å². The number of carbonyl (C=O) groups excluding carboxylic acids is 2. The molecule has 2 aromatic rings. The molecule has 0 aliphatic carbocycles. The molecule has 1 saturated heterocycles. The number of amides is 2. The Labute approximate surface area is 189 Å². The van der Waals surface area contributed by atoms with Gasteiger partial charge in [0.25, 0.3) is 11.8 Å². The monoisotopic (exact) mass is 459 g/mol. The van der Waals surface area contributed by atoms with Gasteiger partial charge in [0, 0.05) is 31.8 Å². The highest BCUT2D eigenvalue weighted by Crippen LogP contribution is 2.28. The van der Waals surface area contributed by atoms with E-state index in [1.807, 2.05) is 25.1 Å². The van der Waals surface area contributed by atoms with Gasteiger partial charge in [-0.1, -0.05) is 25.1 Å². The smallest absolute Gasteiger partial charge is 0.259 e. The summed E-state index contributed by atoms with van der Waals surface area (Å²) in [7, 11) is 0.0653. The molecule has 1 aliphatic rings. The van der Waals surface area contributed by atoms with Crippen LogP contribution in [-0.4, -0.2) is 58.1 Å². The minimum absolute atomic E-state index is 0.0880. The van der Waals surface area contributed by atoms with Crippen LogP contribution < -0.4 is 14.4 Å². The number of likely N-dealkylation sites (N-methyl/N-ethyl adjacent to an activating group) is 1. The second-order valence-corrected chi connectivity index (χ2v) is 9.85. The Balaban J connectivity index is 1.72. The van der Waals surface area contributed by atoms with Crippen molar-refractivity contribution in [1.82, 2.24) is 10.2 Å². The maximum Gasteiger partial charge on any atom is 0.259 e.